The highest BCUT2D eigenvalue weighted by molar-refractivity contribution is 5.92. The number of benzene rings is 3. The van der Waals surface area contributed by atoms with E-state index >= 15 is 0 Å². The van der Waals surface area contributed by atoms with Gasteiger partial charge in [-0.25, -0.2) is 9.67 Å². The molecule has 0 unspecified atom stereocenters. The van der Waals surface area contributed by atoms with E-state index in [1.165, 1.54) is 6.07 Å². The predicted molar refractivity (Wildman–Crippen MR) is 131 cm³/mol. The average Bonchev–Trinajstić information content (AvgIpc) is 3.27. The molecule has 7 heteroatoms. The molecule has 0 spiro atoms. The zero-order chi connectivity index (χ0) is 23.5. The quantitative estimate of drug-likeness (QED) is 0.427. The van der Waals surface area contributed by atoms with Crippen LogP contribution in [-0.4, -0.2) is 25.2 Å². The van der Waals surface area contributed by atoms with Gasteiger partial charge in [-0.05, 0) is 42.3 Å². The Bertz CT molecular complexity index is 1520. The Kier molecular flexibility index (Phi) is 5.74. The van der Waals surface area contributed by atoms with Crippen LogP contribution in [-0.2, 0) is 13.1 Å². The van der Waals surface area contributed by atoms with Gasteiger partial charge in [-0.3, -0.25) is 9.59 Å². The molecule has 3 aromatic carbocycles. The van der Waals surface area contributed by atoms with Gasteiger partial charge in [-0.15, -0.1) is 0 Å². The molecule has 0 saturated carbocycles. The summed E-state index contributed by atoms with van der Waals surface area (Å²) in [6, 6.07) is 26.9. The lowest BCUT2D eigenvalue weighted by Crippen LogP contribution is -2.31. The van der Waals surface area contributed by atoms with Gasteiger partial charge in [0.05, 0.1) is 23.0 Å². The summed E-state index contributed by atoms with van der Waals surface area (Å²) in [7, 11) is 0. The highest BCUT2D eigenvalue weighted by Crippen LogP contribution is 2.15. The fraction of sp³-hybridized carbons (Fsp3) is 0.111. The second-order valence-corrected chi connectivity index (χ2v) is 8.11. The number of para-hydroxylation sites is 3. The Morgan fingerprint density at radius 3 is 2.41 bits per heavy atom. The van der Waals surface area contributed by atoms with Gasteiger partial charge in [0.2, 0.25) is 5.43 Å². The summed E-state index contributed by atoms with van der Waals surface area (Å²) in [5.41, 5.74) is 5.04. The van der Waals surface area contributed by atoms with Crippen molar-refractivity contribution in [3.8, 4) is 5.69 Å². The molecule has 7 nitrogen and oxygen atoms in total. The lowest BCUT2D eigenvalue weighted by molar-refractivity contribution is 0.0943. The summed E-state index contributed by atoms with van der Waals surface area (Å²) in [6.45, 7) is 2.80. The van der Waals surface area contributed by atoms with E-state index in [1.54, 1.807) is 11.6 Å². The minimum Gasteiger partial charge on any atom is -0.346 e. The van der Waals surface area contributed by atoms with E-state index in [2.05, 4.69) is 26.0 Å². The maximum Gasteiger partial charge on any atom is 0.276 e. The molecule has 0 atom stereocenters. The van der Waals surface area contributed by atoms with E-state index in [0.29, 0.717) is 18.8 Å². The number of amides is 1. The fourth-order valence-corrected chi connectivity index (χ4v) is 3.90. The summed E-state index contributed by atoms with van der Waals surface area (Å²) in [4.78, 5) is 29.6. The molecule has 5 rings (SSSR count). The number of fused-ring (bicyclic) bond motifs is 1. The van der Waals surface area contributed by atoms with Crippen LogP contribution >= 0.6 is 0 Å². The Morgan fingerprint density at radius 2 is 1.62 bits per heavy atom. The van der Waals surface area contributed by atoms with Gasteiger partial charge in [0.15, 0.2) is 5.69 Å². The van der Waals surface area contributed by atoms with Crippen molar-refractivity contribution >= 4 is 16.9 Å². The standard InChI is InChI=1S/C27H23N5O2/c1-19-15-25(33)26(30-32(19)22-7-3-2-4-8-22)27(34)28-16-20-11-13-21(14-12-20)17-31-18-29-23-9-5-6-10-24(23)31/h2-15,18H,16-17H2,1H3,(H,28,34). The SMILES string of the molecule is Cc1cc(=O)c(C(=O)NCc2ccc(Cn3cnc4ccccc43)cc2)nn1-c1ccccc1. The summed E-state index contributed by atoms with van der Waals surface area (Å²) in [5, 5.41) is 7.13. The van der Waals surface area contributed by atoms with Crippen LogP contribution in [0.3, 0.4) is 0 Å². The van der Waals surface area contributed by atoms with E-state index in [1.807, 2.05) is 79.1 Å². The monoisotopic (exact) mass is 449 g/mol. The van der Waals surface area contributed by atoms with E-state index in [0.717, 1.165) is 27.8 Å². The molecule has 1 N–H and O–H groups in total. The van der Waals surface area contributed by atoms with Crippen molar-refractivity contribution in [2.75, 3.05) is 0 Å². The Labute approximate surface area is 196 Å². The summed E-state index contributed by atoms with van der Waals surface area (Å²) in [5.74, 6) is -0.497. The van der Waals surface area contributed by atoms with Gasteiger partial charge in [0, 0.05) is 24.8 Å². The topological polar surface area (TPSA) is 81.8 Å². The largest absolute Gasteiger partial charge is 0.346 e. The first-order valence-corrected chi connectivity index (χ1v) is 11.0. The van der Waals surface area contributed by atoms with Crippen LogP contribution in [0.25, 0.3) is 16.7 Å². The van der Waals surface area contributed by atoms with Gasteiger partial charge < -0.3 is 9.88 Å². The fourth-order valence-electron chi connectivity index (χ4n) is 3.90. The number of carbonyl (C=O) groups excluding carboxylic acids is 1. The molecule has 0 fully saturated rings. The van der Waals surface area contributed by atoms with Gasteiger partial charge in [0.1, 0.15) is 0 Å². The van der Waals surface area contributed by atoms with Gasteiger partial charge in [0.25, 0.3) is 5.91 Å². The number of nitrogens with zero attached hydrogens (tertiary/aromatic N) is 4. The van der Waals surface area contributed by atoms with Crippen LogP contribution in [0.5, 0.6) is 0 Å². The Morgan fingerprint density at radius 1 is 0.912 bits per heavy atom. The van der Waals surface area contributed by atoms with Crippen molar-refractivity contribution in [3.63, 3.8) is 0 Å². The van der Waals surface area contributed by atoms with Crippen LogP contribution < -0.4 is 10.7 Å². The first-order valence-electron chi connectivity index (χ1n) is 11.0. The molecule has 168 valence electrons. The van der Waals surface area contributed by atoms with Crippen molar-refractivity contribution in [2.24, 2.45) is 0 Å². The second kappa shape index (κ2) is 9.15. The molecule has 0 aliphatic rings. The predicted octanol–water partition coefficient (Wildman–Crippen LogP) is 3.87. The highest BCUT2D eigenvalue weighted by atomic mass is 16.2. The van der Waals surface area contributed by atoms with E-state index < -0.39 is 11.3 Å². The van der Waals surface area contributed by atoms with Gasteiger partial charge >= 0.3 is 0 Å². The lowest BCUT2D eigenvalue weighted by Gasteiger charge is -2.11. The third-order valence-corrected chi connectivity index (χ3v) is 5.68. The number of hydrogen-bond acceptors (Lipinski definition) is 4. The van der Waals surface area contributed by atoms with E-state index in [-0.39, 0.29) is 5.69 Å². The number of hydrogen-bond donors (Lipinski definition) is 1. The first-order chi connectivity index (χ1) is 16.6. The lowest BCUT2D eigenvalue weighted by atomic mass is 10.1. The summed E-state index contributed by atoms with van der Waals surface area (Å²) < 4.78 is 3.71. The zero-order valence-electron chi connectivity index (χ0n) is 18.7. The molecule has 0 aliphatic carbocycles. The van der Waals surface area contributed by atoms with Crippen molar-refractivity contribution in [1.29, 1.82) is 0 Å². The number of carbonyl (C=O) groups is 1. The Hall–Kier alpha value is -4.52. The van der Waals surface area contributed by atoms with Gasteiger partial charge in [-0.1, -0.05) is 54.6 Å². The molecule has 0 bridgehead atoms. The second-order valence-electron chi connectivity index (χ2n) is 8.11. The molecule has 1 amide bonds. The molecular weight excluding hydrogens is 426 g/mol. The molecule has 0 saturated heterocycles. The Balaban J connectivity index is 1.27. The van der Waals surface area contributed by atoms with Crippen LogP contribution in [0.15, 0.2) is 96.1 Å². The maximum absolute atomic E-state index is 12.7. The van der Waals surface area contributed by atoms with Crippen molar-refractivity contribution in [1.82, 2.24) is 24.6 Å². The highest BCUT2D eigenvalue weighted by Gasteiger charge is 2.15. The van der Waals surface area contributed by atoms with Crippen molar-refractivity contribution < 1.29 is 4.79 Å². The normalized spacial score (nSPS) is 11.0. The van der Waals surface area contributed by atoms with Crippen LogP contribution in [0.2, 0.25) is 0 Å². The zero-order valence-corrected chi connectivity index (χ0v) is 18.7. The third-order valence-electron chi connectivity index (χ3n) is 5.68. The number of nitrogens with one attached hydrogen (secondary N) is 1. The van der Waals surface area contributed by atoms with Crippen LogP contribution in [0.1, 0.15) is 27.3 Å². The average molecular weight is 450 g/mol. The summed E-state index contributed by atoms with van der Waals surface area (Å²) in [6.07, 6.45) is 1.84. The molecule has 5 aromatic rings. The number of imidazole rings is 1. The first kappa shape index (κ1) is 21.3. The minimum absolute atomic E-state index is 0.127. The molecule has 0 radical (unpaired) electrons. The summed E-state index contributed by atoms with van der Waals surface area (Å²) >= 11 is 0. The van der Waals surface area contributed by atoms with Crippen molar-refractivity contribution in [2.45, 2.75) is 20.0 Å². The van der Waals surface area contributed by atoms with Crippen LogP contribution in [0.4, 0.5) is 0 Å². The smallest absolute Gasteiger partial charge is 0.276 e. The molecule has 0 aliphatic heterocycles. The van der Waals surface area contributed by atoms with Crippen molar-refractivity contribution in [3.05, 3.63) is 124 Å². The molecule has 34 heavy (non-hydrogen) atoms. The molecule has 2 aromatic heterocycles. The maximum atomic E-state index is 12.7. The van der Waals surface area contributed by atoms with Crippen LogP contribution in [0, 0.1) is 6.92 Å². The number of rotatable bonds is 6. The van der Waals surface area contributed by atoms with E-state index in [4.69, 9.17) is 0 Å². The van der Waals surface area contributed by atoms with E-state index in [9.17, 15) is 9.59 Å². The molecule has 2 heterocycles. The number of aromatic nitrogens is 4. The third kappa shape index (κ3) is 4.36. The number of aryl methyl sites for hydroxylation is 1. The van der Waals surface area contributed by atoms with Gasteiger partial charge in [-0.2, -0.15) is 5.10 Å². The molecular formula is C27H23N5O2. The minimum atomic E-state index is -0.497.